The molecule has 1 amide bonds. The molecule has 0 aliphatic rings. The molecule has 0 radical (unpaired) electrons. The summed E-state index contributed by atoms with van der Waals surface area (Å²) >= 11 is 1.55. The number of hydrogen-bond acceptors (Lipinski definition) is 6. The van der Waals surface area contributed by atoms with Gasteiger partial charge in [-0.1, -0.05) is 17.3 Å². The van der Waals surface area contributed by atoms with E-state index in [0.29, 0.717) is 18.1 Å². The highest BCUT2D eigenvalue weighted by atomic mass is 32.1. The summed E-state index contributed by atoms with van der Waals surface area (Å²) in [6, 6.07) is 7.77. The Hall–Kier alpha value is -2.54. The van der Waals surface area contributed by atoms with Gasteiger partial charge in [-0.15, -0.1) is 11.3 Å². The smallest absolute Gasteiger partial charge is 0.246 e. The zero-order valence-corrected chi connectivity index (χ0v) is 13.3. The van der Waals surface area contributed by atoms with Gasteiger partial charge in [-0.25, -0.2) is 0 Å². The van der Waals surface area contributed by atoms with Crippen molar-refractivity contribution in [2.75, 3.05) is 0 Å². The average molecular weight is 328 g/mol. The highest BCUT2D eigenvalue weighted by Gasteiger charge is 2.10. The predicted molar refractivity (Wildman–Crippen MR) is 86.6 cm³/mol. The van der Waals surface area contributed by atoms with E-state index < -0.39 is 0 Å². The summed E-state index contributed by atoms with van der Waals surface area (Å²) in [4.78, 5) is 21.1. The van der Waals surface area contributed by atoms with E-state index in [1.165, 1.54) is 0 Å². The van der Waals surface area contributed by atoms with E-state index in [-0.39, 0.29) is 12.5 Å². The van der Waals surface area contributed by atoms with Gasteiger partial charge in [-0.3, -0.25) is 9.78 Å². The SMILES string of the molecule is O=C(CCCc1cccnc1)NCc1nc(-c2cccs2)no1. The number of hydrogen-bond donors (Lipinski definition) is 1. The highest BCUT2D eigenvalue weighted by molar-refractivity contribution is 7.13. The van der Waals surface area contributed by atoms with Crippen LogP contribution >= 0.6 is 11.3 Å². The van der Waals surface area contributed by atoms with Crippen molar-refractivity contribution in [3.63, 3.8) is 0 Å². The van der Waals surface area contributed by atoms with E-state index in [4.69, 9.17) is 4.52 Å². The largest absolute Gasteiger partial charge is 0.347 e. The Kier molecular flexibility index (Phi) is 5.10. The molecule has 0 aromatic carbocycles. The summed E-state index contributed by atoms with van der Waals surface area (Å²) in [7, 11) is 0. The summed E-state index contributed by atoms with van der Waals surface area (Å²) < 4.78 is 5.14. The lowest BCUT2D eigenvalue weighted by molar-refractivity contribution is -0.121. The summed E-state index contributed by atoms with van der Waals surface area (Å²) in [5.74, 6) is 0.944. The van der Waals surface area contributed by atoms with Crippen LogP contribution in [0.2, 0.25) is 0 Å². The Morgan fingerprint density at radius 1 is 1.30 bits per heavy atom. The molecule has 1 N–H and O–H groups in total. The molecule has 0 atom stereocenters. The van der Waals surface area contributed by atoms with E-state index in [1.807, 2.05) is 35.8 Å². The summed E-state index contributed by atoms with van der Waals surface area (Å²) in [5.41, 5.74) is 1.14. The maximum atomic E-state index is 11.8. The van der Waals surface area contributed by atoms with E-state index in [0.717, 1.165) is 23.3 Å². The van der Waals surface area contributed by atoms with Crippen molar-refractivity contribution < 1.29 is 9.32 Å². The maximum absolute atomic E-state index is 11.8. The first kappa shape index (κ1) is 15.4. The Labute approximate surface area is 137 Å². The minimum atomic E-state index is -0.0234. The van der Waals surface area contributed by atoms with Crippen LogP contribution in [0, 0.1) is 0 Å². The second-order valence-electron chi connectivity index (χ2n) is 4.98. The number of aryl methyl sites for hydroxylation is 1. The van der Waals surface area contributed by atoms with Gasteiger partial charge in [0.25, 0.3) is 0 Å². The minimum Gasteiger partial charge on any atom is -0.347 e. The highest BCUT2D eigenvalue weighted by Crippen LogP contribution is 2.21. The van der Waals surface area contributed by atoms with Crippen LogP contribution in [0.1, 0.15) is 24.3 Å². The lowest BCUT2D eigenvalue weighted by Gasteiger charge is -2.02. The Bertz CT molecular complexity index is 741. The molecule has 0 fully saturated rings. The van der Waals surface area contributed by atoms with Gasteiger partial charge in [-0.2, -0.15) is 4.98 Å². The first-order valence-corrected chi connectivity index (χ1v) is 8.21. The molecule has 0 spiro atoms. The van der Waals surface area contributed by atoms with Crippen molar-refractivity contribution in [1.82, 2.24) is 20.4 Å². The van der Waals surface area contributed by atoms with Crippen LogP contribution in [0.3, 0.4) is 0 Å². The first-order valence-electron chi connectivity index (χ1n) is 7.33. The second-order valence-corrected chi connectivity index (χ2v) is 5.93. The number of nitrogens with one attached hydrogen (secondary N) is 1. The quantitative estimate of drug-likeness (QED) is 0.721. The fourth-order valence-electron chi connectivity index (χ4n) is 2.09. The van der Waals surface area contributed by atoms with Gasteiger partial charge in [0.05, 0.1) is 11.4 Å². The number of carbonyl (C=O) groups excluding carboxylic acids is 1. The molecule has 3 heterocycles. The van der Waals surface area contributed by atoms with Crippen LogP contribution in [0.5, 0.6) is 0 Å². The van der Waals surface area contributed by atoms with Crippen LogP contribution in [-0.2, 0) is 17.8 Å². The minimum absolute atomic E-state index is 0.0234. The van der Waals surface area contributed by atoms with Gasteiger partial charge < -0.3 is 9.84 Å². The molecule has 23 heavy (non-hydrogen) atoms. The van der Waals surface area contributed by atoms with Crippen molar-refractivity contribution >= 4 is 17.2 Å². The van der Waals surface area contributed by atoms with E-state index in [1.54, 1.807) is 17.5 Å². The van der Waals surface area contributed by atoms with Crippen molar-refractivity contribution in [3.05, 3.63) is 53.5 Å². The topological polar surface area (TPSA) is 80.9 Å². The van der Waals surface area contributed by atoms with Crippen molar-refractivity contribution in [3.8, 4) is 10.7 Å². The van der Waals surface area contributed by atoms with Gasteiger partial charge in [0, 0.05) is 18.8 Å². The predicted octanol–water partition coefficient (Wildman–Crippen LogP) is 2.83. The normalized spacial score (nSPS) is 10.6. The number of nitrogens with zero attached hydrogens (tertiary/aromatic N) is 3. The van der Waals surface area contributed by atoms with Crippen LogP contribution in [0.25, 0.3) is 10.7 Å². The average Bonchev–Trinajstić information content (AvgIpc) is 3.25. The lowest BCUT2D eigenvalue weighted by Crippen LogP contribution is -2.22. The third-order valence-corrected chi connectivity index (χ3v) is 4.10. The van der Waals surface area contributed by atoms with Crippen LogP contribution < -0.4 is 5.32 Å². The van der Waals surface area contributed by atoms with Gasteiger partial charge in [0.2, 0.25) is 17.6 Å². The van der Waals surface area contributed by atoms with Crippen LogP contribution in [-0.4, -0.2) is 21.0 Å². The Morgan fingerprint density at radius 2 is 2.26 bits per heavy atom. The monoisotopic (exact) mass is 328 g/mol. The zero-order valence-electron chi connectivity index (χ0n) is 12.4. The van der Waals surface area contributed by atoms with Crippen molar-refractivity contribution in [1.29, 1.82) is 0 Å². The number of aromatic nitrogens is 3. The number of rotatable bonds is 7. The molecule has 0 saturated carbocycles. The summed E-state index contributed by atoms with van der Waals surface area (Å²) in [5, 5.41) is 8.65. The van der Waals surface area contributed by atoms with Crippen LogP contribution in [0.15, 0.2) is 46.6 Å². The summed E-state index contributed by atoms with van der Waals surface area (Å²) in [6.07, 6.45) is 5.64. The number of carbonyl (C=O) groups is 1. The van der Waals surface area contributed by atoms with E-state index in [9.17, 15) is 4.79 Å². The molecule has 0 bridgehead atoms. The number of amides is 1. The number of thiophene rings is 1. The van der Waals surface area contributed by atoms with Gasteiger partial charge in [-0.05, 0) is 35.9 Å². The Balaban J connectivity index is 1.41. The molecular formula is C16H16N4O2S. The molecule has 0 saturated heterocycles. The molecule has 7 heteroatoms. The van der Waals surface area contributed by atoms with Crippen molar-refractivity contribution in [2.24, 2.45) is 0 Å². The fourth-order valence-corrected chi connectivity index (χ4v) is 2.74. The van der Waals surface area contributed by atoms with Gasteiger partial charge in [0.15, 0.2) is 0 Å². The standard InChI is InChI=1S/C16H16N4O2S/c21-14(7-1-4-12-5-2-8-17-10-12)18-11-15-19-16(20-22-15)13-6-3-9-23-13/h2-3,5-6,8-10H,1,4,7,11H2,(H,18,21). The van der Waals surface area contributed by atoms with E-state index in [2.05, 4.69) is 20.4 Å². The van der Waals surface area contributed by atoms with Crippen LogP contribution in [0.4, 0.5) is 0 Å². The van der Waals surface area contributed by atoms with Gasteiger partial charge in [0.1, 0.15) is 0 Å². The molecule has 3 aromatic heterocycles. The molecular weight excluding hydrogens is 312 g/mol. The third kappa shape index (κ3) is 4.46. The molecule has 3 rings (SSSR count). The molecule has 0 unspecified atom stereocenters. The molecule has 118 valence electrons. The molecule has 3 aromatic rings. The second kappa shape index (κ2) is 7.64. The van der Waals surface area contributed by atoms with Gasteiger partial charge >= 0.3 is 0 Å². The lowest BCUT2D eigenvalue weighted by atomic mass is 10.1. The van der Waals surface area contributed by atoms with E-state index >= 15 is 0 Å². The fraction of sp³-hybridized carbons (Fsp3) is 0.250. The maximum Gasteiger partial charge on any atom is 0.246 e. The Morgan fingerprint density at radius 3 is 3.04 bits per heavy atom. The first-order chi connectivity index (χ1) is 11.3. The molecule has 0 aliphatic heterocycles. The third-order valence-electron chi connectivity index (χ3n) is 3.24. The summed E-state index contributed by atoms with van der Waals surface area (Å²) in [6.45, 7) is 0.254. The molecule has 6 nitrogen and oxygen atoms in total. The number of pyridine rings is 1. The molecule has 0 aliphatic carbocycles. The zero-order chi connectivity index (χ0) is 15.9. The van der Waals surface area contributed by atoms with Crippen molar-refractivity contribution in [2.45, 2.75) is 25.8 Å².